The van der Waals surface area contributed by atoms with Crippen LogP contribution >= 0.6 is 0 Å². The second kappa shape index (κ2) is 8.57. The summed E-state index contributed by atoms with van der Waals surface area (Å²) in [5, 5.41) is 17.5. The molecule has 2 atom stereocenters. The number of hydrogen-bond donors (Lipinski definition) is 0. The fourth-order valence-electron chi connectivity index (χ4n) is 1.48. The first-order chi connectivity index (χ1) is 6.76. The standard InChI is InChI=1S/C12H20N2/c1-3-4-5-6-7-8-12(10-14)11(2)9-13/h11-12H,3-8H2,1-2H3. The van der Waals surface area contributed by atoms with Gasteiger partial charge in [0.15, 0.2) is 0 Å². The van der Waals surface area contributed by atoms with Crippen LogP contribution in [-0.2, 0) is 0 Å². The maximum atomic E-state index is 8.83. The Balaban J connectivity index is 3.56. The molecule has 0 radical (unpaired) electrons. The van der Waals surface area contributed by atoms with E-state index in [1.165, 1.54) is 25.7 Å². The lowest BCUT2D eigenvalue weighted by molar-refractivity contribution is 0.462. The third kappa shape index (κ3) is 5.60. The van der Waals surface area contributed by atoms with Gasteiger partial charge in [-0.05, 0) is 13.3 Å². The fourth-order valence-corrected chi connectivity index (χ4v) is 1.48. The highest BCUT2D eigenvalue weighted by molar-refractivity contribution is 4.95. The molecule has 14 heavy (non-hydrogen) atoms. The Bertz CT molecular complexity index is 209. The third-order valence-electron chi connectivity index (χ3n) is 2.59. The lowest BCUT2D eigenvalue weighted by Gasteiger charge is -2.09. The highest BCUT2D eigenvalue weighted by Gasteiger charge is 2.14. The summed E-state index contributed by atoms with van der Waals surface area (Å²) < 4.78 is 0. The Morgan fingerprint density at radius 1 is 1.00 bits per heavy atom. The van der Waals surface area contributed by atoms with E-state index in [1.807, 2.05) is 6.92 Å². The molecule has 0 amide bonds. The van der Waals surface area contributed by atoms with Crippen molar-refractivity contribution in [2.75, 3.05) is 0 Å². The van der Waals surface area contributed by atoms with Crippen LogP contribution in [-0.4, -0.2) is 0 Å². The molecule has 0 aliphatic heterocycles. The smallest absolute Gasteiger partial charge is 0.0669 e. The van der Waals surface area contributed by atoms with E-state index in [1.54, 1.807) is 0 Å². The molecular weight excluding hydrogens is 172 g/mol. The van der Waals surface area contributed by atoms with Gasteiger partial charge in [0.2, 0.25) is 0 Å². The second-order valence-corrected chi connectivity index (χ2v) is 3.86. The van der Waals surface area contributed by atoms with Gasteiger partial charge in [-0.15, -0.1) is 0 Å². The van der Waals surface area contributed by atoms with Crippen LogP contribution in [0.5, 0.6) is 0 Å². The topological polar surface area (TPSA) is 47.6 Å². The largest absolute Gasteiger partial charge is 0.198 e. The van der Waals surface area contributed by atoms with Crippen molar-refractivity contribution in [1.82, 2.24) is 0 Å². The highest BCUT2D eigenvalue weighted by atomic mass is 14.3. The molecule has 0 spiro atoms. The van der Waals surface area contributed by atoms with Crippen LogP contribution in [0.2, 0.25) is 0 Å². The van der Waals surface area contributed by atoms with Crippen molar-refractivity contribution in [3.63, 3.8) is 0 Å². The maximum absolute atomic E-state index is 8.83. The summed E-state index contributed by atoms with van der Waals surface area (Å²) in [6.45, 7) is 4.02. The van der Waals surface area contributed by atoms with E-state index >= 15 is 0 Å². The lowest BCUT2D eigenvalue weighted by atomic mass is 9.91. The van der Waals surface area contributed by atoms with Crippen molar-refractivity contribution in [1.29, 1.82) is 10.5 Å². The SMILES string of the molecule is CCCCCCCC(C#N)C(C)C#N. The van der Waals surface area contributed by atoms with Crippen LogP contribution in [0.25, 0.3) is 0 Å². The molecule has 0 N–H and O–H groups in total. The van der Waals surface area contributed by atoms with Crippen molar-refractivity contribution in [2.24, 2.45) is 11.8 Å². The molecule has 2 unspecified atom stereocenters. The van der Waals surface area contributed by atoms with Crippen molar-refractivity contribution in [2.45, 2.75) is 52.4 Å². The molecule has 0 bridgehead atoms. The van der Waals surface area contributed by atoms with E-state index in [0.29, 0.717) is 0 Å². The molecule has 0 aromatic carbocycles. The van der Waals surface area contributed by atoms with Crippen LogP contribution in [0, 0.1) is 34.5 Å². The maximum Gasteiger partial charge on any atom is 0.0669 e. The minimum Gasteiger partial charge on any atom is -0.198 e. The molecule has 0 aromatic heterocycles. The third-order valence-corrected chi connectivity index (χ3v) is 2.59. The Hall–Kier alpha value is -1.02. The zero-order chi connectivity index (χ0) is 10.8. The summed E-state index contributed by atoms with van der Waals surface area (Å²) in [7, 11) is 0. The highest BCUT2D eigenvalue weighted by Crippen LogP contribution is 2.18. The van der Waals surface area contributed by atoms with Gasteiger partial charge in [0.1, 0.15) is 0 Å². The van der Waals surface area contributed by atoms with Crippen LogP contribution in [0.15, 0.2) is 0 Å². The predicted molar refractivity (Wildman–Crippen MR) is 57.3 cm³/mol. The van der Waals surface area contributed by atoms with E-state index < -0.39 is 0 Å². The van der Waals surface area contributed by atoms with Gasteiger partial charge in [-0.2, -0.15) is 10.5 Å². The summed E-state index contributed by atoms with van der Waals surface area (Å²) in [6, 6.07) is 4.37. The van der Waals surface area contributed by atoms with Crippen LogP contribution in [0.1, 0.15) is 52.4 Å². The van der Waals surface area contributed by atoms with Gasteiger partial charge in [0.05, 0.1) is 24.0 Å². The number of hydrogen-bond acceptors (Lipinski definition) is 2. The van der Waals surface area contributed by atoms with Crippen molar-refractivity contribution < 1.29 is 0 Å². The van der Waals surface area contributed by atoms with Gasteiger partial charge < -0.3 is 0 Å². The average molecular weight is 192 g/mol. The van der Waals surface area contributed by atoms with E-state index in [2.05, 4.69) is 19.1 Å². The van der Waals surface area contributed by atoms with E-state index in [-0.39, 0.29) is 11.8 Å². The molecule has 2 heteroatoms. The molecule has 0 saturated heterocycles. The van der Waals surface area contributed by atoms with Gasteiger partial charge in [0, 0.05) is 0 Å². The molecule has 2 nitrogen and oxygen atoms in total. The van der Waals surface area contributed by atoms with E-state index in [9.17, 15) is 0 Å². The molecular formula is C12H20N2. The summed E-state index contributed by atoms with van der Waals surface area (Å²) in [6.07, 6.45) is 6.96. The van der Waals surface area contributed by atoms with Crippen molar-refractivity contribution >= 4 is 0 Å². The molecule has 0 aromatic rings. The molecule has 78 valence electrons. The number of rotatable bonds is 7. The van der Waals surface area contributed by atoms with E-state index in [0.717, 1.165) is 12.8 Å². The minimum absolute atomic E-state index is 0.0679. The molecule has 0 aliphatic carbocycles. The number of nitriles is 2. The van der Waals surface area contributed by atoms with Gasteiger partial charge in [-0.25, -0.2) is 0 Å². The predicted octanol–water partition coefficient (Wildman–Crippen LogP) is 3.65. The normalized spacial score (nSPS) is 14.0. The van der Waals surface area contributed by atoms with Gasteiger partial charge in [-0.3, -0.25) is 0 Å². The quantitative estimate of drug-likeness (QED) is 0.578. The summed E-state index contributed by atoms with van der Waals surface area (Å²) in [5.74, 6) is -0.187. The number of nitrogens with zero attached hydrogens (tertiary/aromatic N) is 2. The first-order valence-electron chi connectivity index (χ1n) is 5.55. The lowest BCUT2D eigenvalue weighted by Crippen LogP contribution is -2.07. The van der Waals surface area contributed by atoms with Gasteiger partial charge >= 0.3 is 0 Å². The van der Waals surface area contributed by atoms with Crippen LogP contribution < -0.4 is 0 Å². The summed E-state index contributed by atoms with van der Waals surface area (Å²) >= 11 is 0. The molecule has 0 saturated carbocycles. The molecule has 0 rings (SSSR count). The van der Waals surface area contributed by atoms with Crippen LogP contribution in [0.4, 0.5) is 0 Å². The average Bonchev–Trinajstić information content (AvgIpc) is 2.22. The zero-order valence-corrected chi connectivity index (χ0v) is 9.29. The fraction of sp³-hybridized carbons (Fsp3) is 0.833. The number of unbranched alkanes of at least 4 members (excludes halogenated alkanes) is 4. The van der Waals surface area contributed by atoms with Crippen LogP contribution in [0.3, 0.4) is 0 Å². The summed E-state index contributed by atoms with van der Waals surface area (Å²) in [4.78, 5) is 0. The Morgan fingerprint density at radius 3 is 2.14 bits per heavy atom. The first kappa shape index (κ1) is 13.0. The molecule has 0 heterocycles. The first-order valence-corrected chi connectivity index (χ1v) is 5.55. The Kier molecular flexibility index (Phi) is 7.95. The summed E-state index contributed by atoms with van der Waals surface area (Å²) in [5.41, 5.74) is 0. The molecule has 0 aliphatic rings. The second-order valence-electron chi connectivity index (χ2n) is 3.86. The monoisotopic (exact) mass is 192 g/mol. The van der Waals surface area contributed by atoms with Crippen molar-refractivity contribution in [3.05, 3.63) is 0 Å². The minimum atomic E-state index is -0.119. The van der Waals surface area contributed by atoms with E-state index in [4.69, 9.17) is 10.5 Å². The van der Waals surface area contributed by atoms with Gasteiger partial charge in [-0.1, -0.05) is 39.0 Å². The zero-order valence-electron chi connectivity index (χ0n) is 9.29. The van der Waals surface area contributed by atoms with Gasteiger partial charge in [0.25, 0.3) is 0 Å². The van der Waals surface area contributed by atoms with Crippen molar-refractivity contribution in [3.8, 4) is 12.1 Å². The molecule has 0 fully saturated rings. The Morgan fingerprint density at radius 2 is 1.64 bits per heavy atom. The Labute approximate surface area is 87.5 Å².